The Morgan fingerprint density at radius 3 is 2.19 bits per heavy atom. The van der Waals surface area contributed by atoms with Gasteiger partial charge in [-0.25, -0.2) is 0 Å². The molecule has 1 aromatic heterocycles. The second-order valence-corrected chi connectivity index (χ2v) is 5.35. The average Bonchev–Trinajstić information content (AvgIpc) is 2.89. The normalized spacial score (nSPS) is 13.4. The lowest BCUT2D eigenvalue weighted by Crippen LogP contribution is -2.25. The van der Waals surface area contributed by atoms with Crippen molar-refractivity contribution >= 4 is 11.6 Å². The number of hydrogen-bond acceptors (Lipinski definition) is 3. The van der Waals surface area contributed by atoms with Gasteiger partial charge in [0, 0.05) is 11.4 Å². The monoisotopic (exact) mass is 381 g/mol. The molecule has 0 aliphatic rings. The third kappa shape index (κ3) is 4.90. The molecule has 11 heteroatoms. The van der Waals surface area contributed by atoms with Crippen LogP contribution >= 0.6 is 0 Å². The van der Waals surface area contributed by atoms with Gasteiger partial charge < -0.3 is 10.1 Å². The van der Waals surface area contributed by atoms with Gasteiger partial charge in [0.2, 0.25) is 5.91 Å². The van der Waals surface area contributed by atoms with Crippen LogP contribution in [0.4, 0.5) is 32.0 Å². The van der Waals surface area contributed by atoms with Crippen molar-refractivity contribution in [1.29, 1.82) is 0 Å². The van der Waals surface area contributed by atoms with Crippen LogP contribution in [0.1, 0.15) is 24.4 Å². The number of alkyl halides is 6. The average molecular weight is 381 g/mol. The molecular formula is C15H13F6N3O2. The molecule has 142 valence electrons. The summed E-state index contributed by atoms with van der Waals surface area (Å²) in [5.41, 5.74) is -0.838. The zero-order chi connectivity index (χ0) is 19.7. The summed E-state index contributed by atoms with van der Waals surface area (Å²) >= 11 is 0. The molecule has 0 spiro atoms. The van der Waals surface area contributed by atoms with Crippen molar-refractivity contribution < 1.29 is 35.9 Å². The van der Waals surface area contributed by atoms with E-state index in [-0.39, 0.29) is 11.4 Å². The molecule has 2 aromatic rings. The Hall–Kier alpha value is -2.72. The van der Waals surface area contributed by atoms with E-state index in [1.165, 1.54) is 26.0 Å². The van der Waals surface area contributed by atoms with Gasteiger partial charge in [-0.05, 0) is 44.2 Å². The third-order valence-corrected chi connectivity index (χ3v) is 3.31. The van der Waals surface area contributed by atoms with E-state index in [1.54, 1.807) is 0 Å². The summed E-state index contributed by atoms with van der Waals surface area (Å²) in [7, 11) is 0. The van der Waals surface area contributed by atoms with E-state index in [2.05, 4.69) is 15.2 Å². The highest BCUT2D eigenvalue weighted by molar-refractivity contribution is 5.93. The predicted octanol–water partition coefficient (Wildman–Crippen LogP) is 4.31. The van der Waals surface area contributed by atoms with Crippen LogP contribution in [-0.2, 0) is 11.0 Å². The molecule has 0 saturated carbocycles. The molecule has 0 aliphatic heterocycles. The number of carbonyl (C=O) groups excluding carboxylic acids is 1. The standard InChI is InChI=1S/C15H13F6N3O2/c1-8-7-12(14(16,17)18)23-24(8)9(2)13(25)22-10-3-5-11(6-4-10)26-15(19,20)21/h3-7,9H,1-2H3,(H,22,25). The van der Waals surface area contributed by atoms with Crippen molar-refractivity contribution in [3.05, 3.63) is 41.7 Å². The maximum absolute atomic E-state index is 12.7. The smallest absolute Gasteiger partial charge is 0.406 e. The van der Waals surface area contributed by atoms with Gasteiger partial charge in [-0.2, -0.15) is 18.3 Å². The summed E-state index contributed by atoms with van der Waals surface area (Å²) in [6.45, 7) is 2.71. The summed E-state index contributed by atoms with van der Waals surface area (Å²) in [4.78, 5) is 12.2. The summed E-state index contributed by atoms with van der Waals surface area (Å²) in [6.07, 6.45) is -9.48. The molecule has 0 aliphatic carbocycles. The van der Waals surface area contributed by atoms with Crippen LogP contribution in [0, 0.1) is 6.92 Å². The Bertz CT molecular complexity index is 780. The van der Waals surface area contributed by atoms with Gasteiger partial charge in [-0.15, -0.1) is 13.2 Å². The first kappa shape index (κ1) is 19.6. The van der Waals surface area contributed by atoms with E-state index >= 15 is 0 Å². The number of anilines is 1. The summed E-state index contributed by atoms with van der Waals surface area (Å²) < 4.78 is 78.9. The molecule has 26 heavy (non-hydrogen) atoms. The molecule has 1 heterocycles. The number of hydrogen-bond donors (Lipinski definition) is 1. The second-order valence-electron chi connectivity index (χ2n) is 5.35. The minimum atomic E-state index is -4.84. The molecule has 5 nitrogen and oxygen atoms in total. The third-order valence-electron chi connectivity index (χ3n) is 3.31. The summed E-state index contributed by atoms with van der Waals surface area (Å²) in [5, 5.41) is 5.77. The molecule has 1 unspecified atom stereocenters. The lowest BCUT2D eigenvalue weighted by molar-refractivity contribution is -0.274. The van der Waals surface area contributed by atoms with E-state index < -0.39 is 35.9 Å². The highest BCUT2D eigenvalue weighted by Crippen LogP contribution is 2.29. The molecule has 2 rings (SSSR count). The van der Waals surface area contributed by atoms with Gasteiger partial charge in [0.1, 0.15) is 11.8 Å². The second kappa shape index (κ2) is 6.89. The molecule has 0 radical (unpaired) electrons. The Kier molecular flexibility index (Phi) is 5.19. The van der Waals surface area contributed by atoms with Crippen LogP contribution in [-0.4, -0.2) is 22.1 Å². The number of aromatic nitrogens is 2. The van der Waals surface area contributed by atoms with E-state index in [1.807, 2.05) is 0 Å². The number of halogens is 6. The molecule has 1 amide bonds. The Morgan fingerprint density at radius 2 is 1.73 bits per heavy atom. The van der Waals surface area contributed by atoms with E-state index in [4.69, 9.17) is 0 Å². The van der Waals surface area contributed by atoms with E-state index in [9.17, 15) is 31.1 Å². The predicted molar refractivity (Wildman–Crippen MR) is 78.4 cm³/mol. The Labute approximate surface area is 143 Å². The molecule has 1 aromatic carbocycles. The minimum Gasteiger partial charge on any atom is -0.406 e. The highest BCUT2D eigenvalue weighted by atomic mass is 19.4. The number of carbonyl (C=O) groups is 1. The maximum Gasteiger partial charge on any atom is 0.573 e. The number of rotatable bonds is 4. The zero-order valence-corrected chi connectivity index (χ0v) is 13.4. The van der Waals surface area contributed by atoms with Gasteiger partial charge in [-0.3, -0.25) is 9.48 Å². The summed E-state index contributed by atoms with van der Waals surface area (Å²) in [6, 6.07) is 4.07. The van der Waals surface area contributed by atoms with Crippen LogP contribution < -0.4 is 10.1 Å². The maximum atomic E-state index is 12.7. The van der Waals surface area contributed by atoms with Crippen LogP contribution in [0.2, 0.25) is 0 Å². The molecule has 0 saturated heterocycles. The van der Waals surface area contributed by atoms with Crippen molar-refractivity contribution in [2.24, 2.45) is 0 Å². The number of nitrogens with zero attached hydrogens (tertiary/aromatic N) is 2. The summed E-state index contributed by atoms with van der Waals surface area (Å²) in [5.74, 6) is -1.16. The van der Waals surface area contributed by atoms with Crippen molar-refractivity contribution in [2.75, 3.05) is 5.32 Å². The first-order chi connectivity index (χ1) is 11.9. The molecule has 1 atom stereocenters. The fraction of sp³-hybridized carbons (Fsp3) is 0.333. The number of aryl methyl sites for hydroxylation is 1. The van der Waals surface area contributed by atoms with Gasteiger partial charge in [-0.1, -0.05) is 0 Å². The van der Waals surface area contributed by atoms with Crippen molar-refractivity contribution in [3.8, 4) is 5.75 Å². The quantitative estimate of drug-likeness (QED) is 0.803. The van der Waals surface area contributed by atoms with Crippen LogP contribution in [0.5, 0.6) is 5.75 Å². The molecule has 0 fully saturated rings. The number of ether oxygens (including phenoxy) is 1. The van der Waals surface area contributed by atoms with Crippen LogP contribution in [0.3, 0.4) is 0 Å². The topological polar surface area (TPSA) is 56.2 Å². The lowest BCUT2D eigenvalue weighted by Gasteiger charge is -2.15. The first-order valence-corrected chi connectivity index (χ1v) is 7.17. The number of amides is 1. The van der Waals surface area contributed by atoms with E-state index in [0.717, 1.165) is 22.9 Å². The Balaban J connectivity index is 2.09. The van der Waals surface area contributed by atoms with Gasteiger partial charge in [0.25, 0.3) is 0 Å². The largest absolute Gasteiger partial charge is 0.573 e. The van der Waals surface area contributed by atoms with Crippen LogP contribution in [0.25, 0.3) is 0 Å². The van der Waals surface area contributed by atoms with Crippen molar-refractivity contribution in [1.82, 2.24) is 9.78 Å². The van der Waals surface area contributed by atoms with Crippen molar-refractivity contribution in [2.45, 2.75) is 32.4 Å². The highest BCUT2D eigenvalue weighted by Gasteiger charge is 2.35. The van der Waals surface area contributed by atoms with Gasteiger partial charge in [0.05, 0.1) is 0 Å². The fourth-order valence-corrected chi connectivity index (χ4v) is 2.12. The minimum absolute atomic E-state index is 0.133. The first-order valence-electron chi connectivity index (χ1n) is 7.17. The van der Waals surface area contributed by atoms with Crippen LogP contribution in [0.15, 0.2) is 30.3 Å². The molecular weight excluding hydrogens is 368 g/mol. The zero-order valence-electron chi connectivity index (χ0n) is 13.4. The van der Waals surface area contributed by atoms with Gasteiger partial charge >= 0.3 is 12.5 Å². The molecule has 0 bridgehead atoms. The number of nitrogens with one attached hydrogen (secondary N) is 1. The van der Waals surface area contributed by atoms with E-state index in [0.29, 0.717) is 0 Å². The van der Waals surface area contributed by atoms with Crippen molar-refractivity contribution in [3.63, 3.8) is 0 Å². The molecule has 1 N–H and O–H groups in total. The lowest BCUT2D eigenvalue weighted by atomic mass is 10.2. The number of benzene rings is 1. The Morgan fingerprint density at radius 1 is 1.15 bits per heavy atom. The SMILES string of the molecule is Cc1cc(C(F)(F)F)nn1C(C)C(=O)Nc1ccc(OC(F)(F)F)cc1. The fourth-order valence-electron chi connectivity index (χ4n) is 2.12. The van der Waals surface area contributed by atoms with Gasteiger partial charge in [0.15, 0.2) is 5.69 Å².